The number of carbonyl (C=O) groups is 3. The summed E-state index contributed by atoms with van der Waals surface area (Å²) in [6.07, 6.45) is 0.352. The molecule has 0 fully saturated rings. The van der Waals surface area contributed by atoms with Crippen LogP contribution in [0, 0.1) is 0 Å². The van der Waals surface area contributed by atoms with E-state index in [2.05, 4.69) is 21.4 Å². The molecule has 3 amide bonds. The molecule has 0 bridgehead atoms. The smallest absolute Gasteiger partial charge is 0.285 e. The lowest BCUT2D eigenvalue weighted by Gasteiger charge is -2.15. The molecular weight excluding hydrogens is 332 g/mol. The maximum absolute atomic E-state index is 12.2. The van der Waals surface area contributed by atoms with E-state index in [4.69, 9.17) is 14.2 Å². The highest BCUT2D eigenvalue weighted by molar-refractivity contribution is 6.39. The standard InChI is InChI=1S/C15H18N4O6/c1-23-10-6-8(7-11(24-2)13(10)25-3)14(21)18-19-15(22)9-4-5-12(20)17-16-9/h6-7H,4-5H2,1-3H3,(H,17,20)(H,18,21)(H,19,22). The van der Waals surface area contributed by atoms with Crippen LogP contribution >= 0.6 is 0 Å². The number of hydrazine groups is 1. The van der Waals surface area contributed by atoms with Gasteiger partial charge in [0.05, 0.1) is 21.3 Å². The molecule has 3 N–H and O–H groups in total. The predicted molar refractivity (Wildman–Crippen MR) is 86.5 cm³/mol. The Kier molecular flexibility index (Phi) is 5.77. The second kappa shape index (κ2) is 7.99. The monoisotopic (exact) mass is 350 g/mol. The number of nitrogens with zero attached hydrogens (tertiary/aromatic N) is 1. The van der Waals surface area contributed by atoms with Gasteiger partial charge in [0, 0.05) is 18.4 Å². The van der Waals surface area contributed by atoms with E-state index in [1.165, 1.54) is 33.5 Å². The van der Waals surface area contributed by atoms with E-state index >= 15 is 0 Å². The van der Waals surface area contributed by atoms with Gasteiger partial charge in [-0.25, -0.2) is 5.43 Å². The number of benzene rings is 1. The van der Waals surface area contributed by atoms with Crippen molar-refractivity contribution in [1.82, 2.24) is 16.3 Å². The Labute approximate surface area is 143 Å². The molecule has 0 spiro atoms. The highest BCUT2D eigenvalue weighted by Crippen LogP contribution is 2.38. The fraction of sp³-hybridized carbons (Fsp3) is 0.333. The molecule has 0 saturated carbocycles. The molecule has 0 aromatic heterocycles. The third kappa shape index (κ3) is 4.16. The summed E-state index contributed by atoms with van der Waals surface area (Å²) in [5.74, 6) is -0.514. The lowest BCUT2D eigenvalue weighted by molar-refractivity contribution is -0.121. The van der Waals surface area contributed by atoms with Crippen LogP contribution in [0.1, 0.15) is 23.2 Å². The summed E-state index contributed by atoms with van der Waals surface area (Å²) < 4.78 is 15.5. The Bertz CT molecular complexity index is 706. The zero-order valence-corrected chi connectivity index (χ0v) is 14.0. The van der Waals surface area contributed by atoms with Crippen LogP contribution in [0.2, 0.25) is 0 Å². The van der Waals surface area contributed by atoms with Gasteiger partial charge in [-0.1, -0.05) is 0 Å². The molecule has 2 rings (SSSR count). The molecule has 25 heavy (non-hydrogen) atoms. The van der Waals surface area contributed by atoms with Crippen LogP contribution in [-0.4, -0.2) is 44.8 Å². The highest BCUT2D eigenvalue weighted by atomic mass is 16.5. The van der Waals surface area contributed by atoms with Crippen molar-refractivity contribution in [2.75, 3.05) is 21.3 Å². The van der Waals surface area contributed by atoms with Gasteiger partial charge >= 0.3 is 0 Å². The first-order valence-electron chi connectivity index (χ1n) is 7.26. The van der Waals surface area contributed by atoms with E-state index in [-0.39, 0.29) is 30.0 Å². The van der Waals surface area contributed by atoms with Crippen LogP contribution < -0.4 is 30.5 Å². The van der Waals surface area contributed by atoms with Gasteiger partial charge in [0.25, 0.3) is 11.8 Å². The first-order chi connectivity index (χ1) is 12.0. The number of nitrogens with one attached hydrogen (secondary N) is 3. The highest BCUT2D eigenvalue weighted by Gasteiger charge is 2.20. The second-order valence-corrected chi connectivity index (χ2v) is 4.92. The number of hydrogen-bond acceptors (Lipinski definition) is 7. The minimum atomic E-state index is -0.610. The number of hydrogen-bond donors (Lipinski definition) is 3. The van der Waals surface area contributed by atoms with Crippen molar-refractivity contribution in [3.63, 3.8) is 0 Å². The predicted octanol–water partition coefficient (Wildman–Crippen LogP) is -0.261. The normalized spacial score (nSPS) is 13.2. The maximum Gasteiger partial charge on any atom is 0.285 e. The van der Waals surface area contributed by atoms with E-state index < -0.39 is 11.8 Å². The van der Waals surface area contributed by atoms with Crippen LogP contribution in [0.15, 0.2) is 17.2 Å². The first-order valence-corrected chi connectivity index (χ1v) is 7.26. The van der Waals surface area contributed by atoms with Crippen molar-refractivity contribution in [2.24, 2.45) is 5.10 Å². The molecule has 1 aliphatic heterocycles. The Morgan fingerprint density at radius 3 is 2.08 bits per heavy atom. The van der Waals surface area contributed by atoms with Gasteiger partial charge in [-0.3, -0.25) is 25.2 Å². The molecule has 0 radical (unpaired) electrons. The summed E-state index contributed by atoms with van der Waals surface area (Å²) in [7, 11) is 4.30. The molecule has 0 saturated heterocycles. The van der Waals surface area contributed by atoms with Crippen molar-refractivity contribution in [2.45, 2.75) is 12.8 Å². The lowest BCUT2D eigenvalue weighted by atomic mass is 10.1. The summed E-state index contributed by atoms with van der Waals surface area (Å²) in [6, 6.07) is 2.89. The first kappa shape index (κ1) is 18.0. The molecule has 134 valence electrons. The van der Waals surface area contributed by atoms with Crippen LogP contribution in [-0.2, 0) is 9.59 Å². The topological polar surface area (TPSA) is 127 Å². The Morgan fingerprint density at radius 1 is 1.00 bits per heavy atom. The van der Waals surface area contributed by atoms with Gasteiger partial charge < -0.3 is 14.2 Å². The molecule has 0 aliphatic carbocycles. The van der Waals surface area contributed by atoms with Crippen molar-refractivity contribution in [3.8, 4) is 17.2 Å². The molecule has 1 heterocycles. The number of ether oxygens (including phenoxy) is 3. The number of carbonyl (C=O) groups excluding carboxylic acids is 3. The second-order valence-electron chi connectivity index (χ2n) is 4.92. The average Bonchev–Trinajstić information content (AvgIpc) is 2.64. The lowest BCUT2D eigenvalue weighted by Crippen LogP contribution is -2.46. The summed E-state index contributed by atoms with van der Waals surface area (Å²) in [6.45, 7) is 0. The molecule has 1 aliphatic rings. The van der Waals surface area contributed by atoms with Gasteiger partial charge in [0.2, 0.25) is 11.7 Å². The quantitative estimate of drug-likeness (QED) is 0.628. The van der Waals surface area contributed by atoms with Crippen LogP contribution in [0.5, 0.6) is 17.2 Å². The van der Waals surface area contributed by atoms with E-state index in [9.17, 15) is 14.4 Å². The van der Waals surface area contributed by atoms with Crippen LogP contribution in [0.25, 0.3) is 0 Å². The van der Waals surface area contributed by atoms with Crippen LogP contribution in [0.4, 0.5) is 0 Å². The Morgan fingerprint density at radius 2 is 1.60 bits per heavy atom. The SMILES string of the molecule is COc1cc(C(=O)NNC(=O)C2=NNC(=O)CC2)cc(OC)c1OC. The van der Waals surface area contributed by atoms with Gasteiger partial charge in [-0.05, 0) is 12.1 Å². The average molecular weight is 350 g/mol. The van der Waals surface area contributed by atoms with Crippen molar-refractivity contribution in [3.05, 3.63) is 17.7 Å². The zero-order chi connectivity index (χ0) is 18.4. The van der Waals surface area contributed by atoms with Crippen molar-refractivity contribution < 1.29 is 28.6 Å². The van der Waals surface area contributed by atoms with Gasteiger partial charge in [0.15, 0.2) is 11.5 Å². The Hall–Kier alpha value is -3.30. The van der Waals surface area contributed by atoms with Crippen LogP contribution in [0.3, 0.4) is 0 Å². The summed E-state index contributed by atoms with van der Waals surface area (Å²) in [4.78, 5) is 35.1. The third-order valence-electron chi connectivity index (χ3n) is 3.38. The number of amides is 3. The number of rotatable bonds is 5. The zero-order valence-electron chi connectivity index (χ0n) is 14.0. The summed E-state index contributed by atoms with van der Waals surface area (Å²) in [5, 5.41) is 3.64. The van der Waals surface area contributed by atoms with Crippen molar-refractivity contribution in [1.29, 1.82) is 0 Å². The van der Waals surface area contributed by atoms with Crippen molar-refractivity contribution >= 4 is 23.4 Å². The molecule has 10 heteroatoms. The summed E-state index contributed by atoms with van der Waals surface area (Å²) >= 11 is 0. The summed E-state index contributed by atoms with van der Waals surface area (Å²) in [5.41, 5.74) is 7.01. The third-order valence-corrected chi connectivity index (χ3v) is 3.38. The molecule has 0 unspecified atom stereocenters. The Balaban J connectivity index is 2.08. The molecule has 1 aromatic carbocycles. The van der Waals surface area contributed by atoms with Gasteiger partial charge in [-0.2, -0.15) is 5.10 Å². The van der Waals surface area contributed by atoms with E-state index in [1.54, 1.807) is 0 Å². The van der Waals surface area contributed by atoms with E-state index in [0.717, 1.165) is 0 Å². The maximum atomic E-state index is 12.2. The molecule has 0 atom stereocenters. The molecule has 10 nitrogen and oxygen atoms in total. The number of methoxy groups -OCH3 is 3. The fourth-order valence-electron chi connectivity index (χ4n) is 2.11. The number of hydrazone groups is 1. The molecular formula is C15H18N4O6. The minimum Gasteiger partial charge on any atom is -0.493 e. The molecule has 1 aromatic rings. The van der Waals surface area contributed by atoms with Gasteiger partial charge in [-0.15, -0.1) is 0 Å². The van der Waals surface area contributed by atoms with Gasteiger partial charge in [0.1, 0.15) is 5.71 Å². The minimum absolute atomic E-state index is 0.116. The van der Waals surface area contributed by atoms with E-state index in [0.29, 0.717) is 17.2 Å². The fourth-order valence-corrected chi connectivity index (χ4v) is 2.11. The largest absolute Gasteiger partial charge is 0.493 e. The van der Waals surface area contributed by atoms with E-state index in [1.807, 2.05) is 0 Å².